The number of nitrogens with zero attached hydrogens (tertiary/aromatic N) is 5. The topological polar surface area (TPSA) is 59.2 Å². The zero-order valence-electron chi connectivity index (χ0n) is 14.8. The zero-order valence-corrected chi connectivity index (χ0v) is 14.8. The molecule has 7 nitrogen and oxygen atoms in total. The van der Waals surface area contributed by atoms with Crippen LogP contribution in [0.1, 0.15) is 18.9 Å². The van der Waals surface area contributed by atoms with Crippen LogP contribution in [0.25, 0.3) is 0 Å². The Kier molecular flexibility index (Phi) is 3.59. The lowest BCUT2D eigenvalue weighted by molar-refractivity contribution is -0.539. The Balaban J connectivity index is 1.76. The predicted molar refractivity (Wildman–Crippen MR) is 95.1 cm³/mol. The van der Waals surface area contributed by atoms with Gasteiger partial charge in [-0.15, -0.1) is 0 Å². The molecule has 130 valence electrons. The summed E-state index contributed by atoms with van der Waals surface area (Å²) in [7, 11) is 3.21. The summed E-state index contributed by atoms with van der Waals surface area (Å²) in [4.78, 5) is 34.4. The highest BCUT2D eigenvalue weighted by molar-refractivity contribution is 6.23. The van der Waals surface area contributed by atoms with Crippen molar-refractivity contribution in [3.8, 4) is 0 Å². The summed E-state index contributed by atoms with van der Waals surface area (Å²) in [6, 6.07) is 7.61. The quantitative estimate of drug-likeness (QED) is 0.759. The zero-order chi connectivity index (χ0) is 17.7. The first-order valence-electron chi connectivity index (χ1n) is 8.67. The first kappa shape index (κ1) is 15.8. The number of amidine groups is 1. The van der Waals surface area contributed by atoms with Crippen molar-refractivity contribution in [2.75, 3.05) is 32.1 Å². The van der Waals surface area contributed by atoms with E-state index in [0.717, 1.165) is 37.6 Å². The third-order valence-electron chi connectivity index (χ3n) is 5.19. The highest BCUT2D eigenvalue weighted by Gasteiger charge is 2.53. The second-order valence-electron chi connectivity index (χ2n) is 6.63. The Hall–Kier alpha value is -2.70. The van der Waals surface area contributed by atoms with Crippen molar-refractivity contribution in [3.63, 3.8) is 0 Å². The Bertz CT molecular complexity index is 811. The summed E-state index contributed by atoms with van der Waals surface area (Å²) >= 11 is 0. The third-order valence-corrected chi connectivity index (χ3v) is 5.19. The minimum absolute atomic E-state index is 0.208. The maximum Gasteiger partial charge on any atom is 0.397 e. The van der Waals surface area contributed by atoms with Crippen molar-refractivity contribution >= 4 is 29.4 Å². The van der Waals surface area contributed by atoms with Crippen LogP contribution >= 0.6 is 0 Å². The van der Waals surface area contributed by atoms with E-state index in [-0.39, 0.29) is 11.9 Å². The average Bonchev–Trinajstić information content (AvgIpc) is 3.04. The summed E-state index contributed by atoms with van der Waals surface area (Å²) in [5.41, 5.74) is 2.35. The van der Waals surface area contributed by atoms with Gasteiger partial charge in [0.15, 0.2) is 0 Å². The number of benzene rings is 1. The number of hydrogen-bond acceptors (Lipinski definition) is 4. The molecule has 1 saturated heterocycles. The van der Waals surface area contributed by atoms with Crippen LogP contribution in [0, 0.1) is 0 Å². The van der Waals surface area contributed by atoms with Crippen molar-refractivity contribution in [1.29, 1.82) is 0 Å². The first-order valence-corrected chi connectivity index (χ1v) is 8.67. The van der Waals surface area contributed by atoms with Gasteiger partial charge in [-0.05, 0) is 24.1 Å². The lowest BCUT2D eigenvalue weighted by Gasteiger charge is -2.32. The molecule has 3 aliphatic heterocycles. The molecule has 1 aromatic rings. The van der Waals surface area contributed by atoms with Gasteiger partial charge in [0.1, 0.15) is 5.69 Å². The molecule has 1 unspecified atom stereocenters. The number of amides is 3. The second kappa shape index (κ2) is 5.68. The Labute approximate surface area is 146 Å². The molecule has 3 aliphatic rings. The monoisotopic (exact) mass is 340 g/mol. The van der Waals surface area contributed by atoms with Crippen molar-refractivity contribution in [1.82, 2.24) is 9.80 Å². The lowest BCUT2D eigenvalue weighted by atomic mass is 10.1. The van der Waals surface area contributed by atoms with E-state index in [0.29, 0.717) is 5.84 Å². The molecule has 3 heterocycles. The maximum atomic E-state index is 12.7. The Morgan fingerprint density at radius 3 is 2.56 bits per heavy atom. The highest BCUT2D eigenvalue weighted by Crippen LogP contribution is 2.26. The van der Waals surface area contributed by atoms with Crippen LogP contribution in [0.3, 0.4) is 0 Å². The van der Waals surface area contributed by atoms with Crippen LogP contribution in [0.4, 0.5) is 10.5 Å². The Morgan fingerprint density at radius 2 is 1.88 bits per heavy atom. The number of likely N-dealkylation sites (N-methyl/N-ethyl adjacent to an activating group) is 2. The number of urea groups is 1. The van der Waals surface area contributed by atoms with Crippen LogP contribution in [0.2, 0.25) is 0 Å². The molecule has 3 amide bonds. The van der Waals surface area contributed by atoms with Gasteiger partial charge < -0.3 is 0 Å². The molecule has 1 fully saturated rings. The summed E-state index contributed by atoms with van der Waals surface area (Å²) in [6.45, 7) is 3.75. The normalized spacial score (nSPS) is 23.1. The third kappa shape index (κ3) is 2.26. The molecule has 0 aliphatic carbocycles. The van der Waals surface area contributed by atoms with Crippen LogP contribution in [0.5, 0.6) is 0 Å². The number of anilines is 1. The summed E-state index contributed by atoms with van der Waals surface area (Å²) in [6.07, 6.45) is 1.94. The van der Waals surface area contributed by atoms with Gasteiger partial charge in [-0.2, -0.15) is 0 Å². The number of guanidine groups is 1. The number of carbonyl (C=O) groups excluding carboxylic acids is 2. The fraction of sp³-hybridized carbons (Fsp3) is 0.444. The van der Waals surface area contributed by atoms with E-state index >= 15 is 0 Å². The number of aryl methyl sites for hydroxylation is 1. The molecule has 0 spiro atoms. The first-order chi connectivity index (χ1) is 12.0. The van der Waals surface area contributed by atoms with Crippen molar-refractivity contribution in [2.24, 2.45) is 4.99 Å². The van der Waals surface area contributed by atoms with E-state index in [9.17, 15) is 9.59 Å². The number of imide groups is 1. The van der Waals surface area contributed by atoms with Gasteiger partial charge >= 0.3 is 12.0 Å². The van der Waals surface area contributed by atoms with Gasteiger partial charge in [0.2, 0.25) is 11.9 Å². The molecule has 1 atom stereocenters. The number of aliphatic imine (C=N–C) groups is 1. The molecular weight excluding hydrogens is 318 g/mol. The SMILES string of the molecule is CCc1ccc(N2CCC[N+]3=C2N=C2C3C(=O)N(C)C(=O)N2C)cc1. The summed E-state index contributed by atoms with van der Waals surface area (Å²) < 4.78 is 2.02. The van der Waals surface area contributed by atoms with Crippen molar-refractivity contribution < 1.29 is 14.2 Å². The van der Waals surface area contributed by atoms with Gasteiger partial charge in [0.25, 0.3) is 5.91 Å². The van der Waals surface area contributed by atoms with E-state index in [1.807, 2.05) is 4.58 Å². The lowest BCUT2D eigenvalue weighted by Crippen LogP contribution is -2.62. The second-order valence-corrected chi connectivity index (χ2v) is 6.63. The molecular formula is C18H22N5O2+. The van der Waals surface area contributed by atoms with E-state index in [1.54, 1.807) is 7.05 Å². The van der Waals surface area contributed by atoms with Gasteiger partial charge in [0.05, 0.1) is 13.1 Å². The largest absolute Gasteiger partial charge is 0.397 e. The fourth-order valence-corrected chi connectivity index (χ4v) is 3.69. The standard InChI is InChI=1S/C18H22N5O2/c1-4-12-6-8-13(9-7-12)22-10-5-11-23-14-15(19-17(22)23)20(2)18(25)21(3)16(14)24/h6-9,14H,4-5,10-11H2,1-3H3/q+1. The molecule has 0 radical (unpaired) electrons. The van der Waals surface area contributed by atoms with Crippen LogP contribution in [0.15, 0.2) is 29.3 Å². The van der Waals surface area contributed by atoms with Crippen molar-refractivity contribution in [2.45, 2.75) is 25.8 Å². The van der Waals surface area contributed by atoms with E-state index in [4.69, 9.17) is 4.99 Å². The van der Waals surface area contributed by atoms with E-state index < -0.39 is 6.04 Å². The van der Waals surface area contributed by atoms with Crippen molar-refractivity contribution in [3.05, 3.63) is 29.8 Å². The summed E-state index contributed by atoms with van der Waals surface area (Å²) in [5.74, 6) is 1.08. The minimum Gasteiger partial charge on any atom is -0.270 e. The number of fused-ring (bicyclic) bond motifs is 2. The fourth-order valence-electron chi connectivity index (χ4n) is 3.69. The molecule has 0 N–H and O–H groups in total. The smallest absolute Gasteiger partial charge is 0.270 e. The maximum absolute atomic E-state index is 12.7. The van der Waals surface area contributed by atoms with Crippen LogP contribution in [-0.4, -0.2) is 71.3 Å². The number of carbonyl (C=O) groups is 2. The van der Waals surface area contributed by atoms with Crippen LogP contribution in [-0.2, 0) is 11.2 Å². The molecule has 4 rings (SSSR count). The molecule has 1 aromatic carbocycles. The predicted octanol–water partition coefficient (Wildman–Crippen LogP) is 1.13. The molecule has 7 heteroatoms. The van der Waals surface area contributed by atoms with Gasteiger partial charge in [-0.3, -0.25) is 14.6 Å². The Morgan fingerprint density at radius 1 is 1.16 bits per heavy atom. The molecule has 0 bridgehead atoms. The number of hydrogen-bond donors (Lipinski definition) is 0. The minimum atomic E-state index is -0.500. The van der Waals surface area contributed by atoms with E-state index in [1.165, 1.54) is 22.4 Å². The molecule has 0 saturated carbocycles. The average molecular weight is 340 g/mol. The van der Waals surface area contributed by atoms with E-state index in [2.05, 4.69) is 36.1 Å². The molecule has 0 aromatic heterocycles. The van der Waals surface area contributed by atoms with Gasteiger partial charge in [0, 0.05) is 20.5 Å². The van der Waals surface area contributed by atoms with Gasteiger partial charge in [-0.1, -0.05) is 24.0 Å². The van der Waals surface area contributed by atoms with Gasteiger partial charge in [-0.25, -0.2) is 14.3 Å². The number of rotatable bonds is 2. The van der Waals surface area contributed by atoms with Crippen LogP contribution < -0.4 is 4.90 Å². The molecule has 25 heavy (non-hydrogen) atoms. The summed E-state index contributed by atoms with van der Waals surface area (Å²) in [5, 5.41) is 0. The highest BCUT2D eigenvalue weighted by atomic mass is 16.2.